The summed E-state index contributed by atoms with van der Waals surface area (Å²) in [5.41, 5.74) is 0.210. The molecule has 7 nitrogen and oxygen atoms in total. The van der Waals surface area contributed by atoms with Crippen LogP contribution in [0.1, 0.15) is 34.1 Å². The van der Waals surface area contributed by atoms with E-state index in [1.165, 1.54) is 0 Å². The van der Waals surface area contributed by atoms with Crippen LogP contribution in [-0.4, -0.2) is 71.4 Å². The second kappa shape index (κ2) is 5.65. The molecule has 0 aromatic heterocycles. The highest BCUT2D eigenvalue weighted by atomic mass is 16.9. The minimum atomic E-state index is -0.522. The first-order valence-electron chi connectivity index (χ1n) is 8.08. The highest BCUT2D eigenvalue weighted by Gasteiger charge is 2.47. The molecule has 1 amide bonds. The summed E-state index contributed by atoms with van der Waals surface area (Å²) < 4.78 is 16.6. The average Bonchev–Trinajstić information content (AvgIpc) is 2.36. The number of hydrogen-bond donors (Lipinski definition) is 1. The number of likely N-dealkylation sites (N-methyl/N-ethyl adjacent to an activating group) is 1. The topological polar surface area (TPSA) is 71.5 Å². The molecule has 2 unspecified atom stereocenters. The van der Waals surface area contributed by atoms with Crippen LogP contribution < -0.4 is 0 Å². The van der Waals surface area contributed by atoms with Crippen LogP contribution in [0, 0.1) is 0 Å². The molecule has 23 heavy (non-hydrogen) atoms. The van der Waals surface area contributed by atoms with Gasteiger partial charge in [-0.15, -0.1) is 0 Å². The number of nitrogens with zero attached hydrogens (tertiary/aromatic N) is 2. The van der Waals surface area contributed by atoms with Gasteiger partial charge in [0.15, 0.2) is 12.6 Å². The third-order valence-electron chi connectivity index (χ3n) is 4.55. The van der Waals surface area contributed by atoms with Crippen LogP contribution in [0.3, 0.4) is 0 Å². The molecule has 3 heterocycles. The molecule has 0 aromatic carbocycles. The first-order valence-corrected chi connectivity index (χ1v) is 8.08. The van der Waals surface area contributed by atoms with E-state index in [0.29, 0.717) is 25.3 Å². The lowest BCUT2D eigenvalue weighted by atomic mass is 9.89. The molecule has 2 saturated heterocycles. The molecule has 2 fully saturated rings. The molecule has 3 rings (SSSR count). The monoisotopic (exact) mass is 326 g/mol. The van der Waals surface area contributed by atoms with E-state index >= 15 is 0 Å². The maximum Gasteiger partial charge on any atom is 0.410 e. The molecule has 0 aliphatic carbocycles. The Kier molecular flexibility index (Phi) is 4.06. The summed E-state index contributed by atoms with van der Waals surface area (Å²) in [7, 11) is 2.01. The molecule has 2 bridgehead atoms. The van der Waals surface area contributed by atoms with E-state index in [0.717, 1.165) is 5.57 Å². The van der Waals surface area contributed by atoms with E-state index in [9.17, 15) is 9.90 Å². The summed E-state index contributed by atoms with van der Waals surface area (Å²) in [5.74, 6) is 0.332. The number of fused-ring (bicyclic) bond motifs is 2. The minimum Gasteiger partial charge on any atom is -0.512 e. The molecule has 0 spiro atoms. The van der Waals surface area contributed by atoms with E-state index in [2.05, 4.69) is 4.90 Å². The van der Waals surface area contributed by atoms with Crippen molar-refractivity contribution in [3.8, 4) is 0 Å². The summed E-state index contributed by atoms with van der Waals surface area (Å²) in [6.07, 6.45) is -0.602. The predicted octanol–water partition coefficient (Wildman–Crippen LogP) is 1.84. The van der Waals surface area contributed by atoms with Crippen LogP contribution in [0.4, 0.5) is 4.79 Å². The van der Waals surface area contributed by atoms with E-state index in [4.69, 9.17) is 14.2 Å². The van der Waals surface area contributed by atoms with E-state index in [-0.39, 0.29) is 24.5 Å². The van der Waals surface area contributed by atoms with Crippen molar-refractivity contribution in [3.05, 3.63) is 11.3 Å². The van der Waals surface area contributed by atoms with Gasteiger partial charge in [-0.1, -0.05) is 0 Å². The first kappa shape index (κ1) is 16.5. The number of aliphatic hydroxyl groups excluding tert-OH is 1. The summed E-state index contributed by atoms with van der Waals surface area (Å²) in [4.78, 5) is 16.3. The molecule has 2 atom stereocenters. The smallest absolute Gasteiger partial charge is 0.410 e. The van der Waals surface area contributed by atoms with Crippen molar-refractivity contribution in [2.45, 2.75) is 64.4 Å². The van der Waals surface area contributed by atoms with Gasteiger partial charge < -0.3 is 24.2 Å². The maximum atomic E-state index is 12.4. The zero-order valence-corrected chi connectivity index (χ0v) is 14.4. The largest absolute Gasteiger partial charge is 0.512 e. The van der Waals surface area contributed by atoms with Crippen LogP contribution in [0.15, 0.2) is 11.3 Å². The van der Waals surface area contributed by atoms with Crippen molar-refractivity contribution in [3.63, 3.8) is 0 Å². The Morgan fingerprint density at radius 3 is 2.52 bits per heavy atom. The Balaban J connectivity index is 1.77. The van der Waals surface area contributed by atoms with Crippen molar-refractivity contribution in [2.24, 2.45) is 0 Å². The average molecular weight is 326 g/mol. The quantitative estimate of drug-likeness (QED) is 0.793. The van der Waals surface area contributed by atoms with Crippen molar-refractivity contribution >= 4 is 6.09 Å². The zero-order chi connectivity index (χ0) is 16.9. The van der Waals surface area contributed by atoms with Gasteiger partial charge in [0.1, 0.15) is 5.60 Å². The Hall–Kier alpha value is -1.31. The number of rotatable bonds is 1. The number of carbonyl (C=O) groups is 1. The molecule has 130 valence electrons. The van der Waals surface area contributed by atoms with Crippen LogP contribution >= 0.6 is 0 Å². The fourth-order valence-corrected chi connectivity index (χ4v) is 3.38. The van der Waals surface area contributed by atoms with Gasteiger partial charge >= 0.3 is 6.09 Å². The number of hydrogen-bond acceptors (Lipinski definition) is 6. The third-order valence-corrected chi connectivity index (χ3v) is 4.55. The van der Waals surface area contributed by atoms with Crippen molar-refractivity contribution in [1.29, 1.82) is 0 Å². The fourth-order valence-electron chi connectivity index (χ4n) is 3.38. The zero-order valence-electron chi connectivity index (χ0n) is 14.4. The highest BCUT2D eigenvalue weighted by molar-refractivity contribution is 5.68. The molecule has 0 aromatic rings. The van der Waals surface area contributed by atoms with Gasteiger partial charge in [-0.3, -0.25) is 4.90 Å². The normalized spacial score (nSPS) is 35.1. The summed E-state index contributed by atoms with van der Waals surface area (Å²) in [6.45, 7) is 8.39. The number of aliphatic hydroxyl groups is 1. The number of carbonyl (C=O) groups excluding carboxylic acids is 1. The number of amides is 1. The van der Waals surface area contributed by atoms with Crippen molar-refractivity contribution < 1.29 is 24.1 Å². The highest BCUT2D eigenvalue weighted by Crippen LogP contribution is 2.37. The molecule has 0 radical (unpaired) electrons. The standard InChI is InChI=1S/C16H26N2O5/c1-9-21-14(22-9)13-11-8-18(15(20)23-16(2,3)4)7-10(17(11)5)6-12(13)19/h9-11,14,19H,6-8H2,1-5H3. The summed E-state index contributed by atoms with van der Waals surface area (Å²) in [5, 5.41) is 10.4. The molecular weight excluding hydrogens is 300 g/mol. The van der Waals surface area contributed by atoms with Crippen LogP contribution in [0.25, 0.3) is 0 Å². The van der Waals surface area contributed by atoms with E-state index in [1.807, 2.05) is 34.7 Å². The first-order chi connectivity index (χ1) is 10.7. The molecule has 7 heteroatoms. The third kappa shape index (κ3) is 3.18. The molecular formula is C16H26N2O5. The SMILES string of the molecule is CC1OC(C2=C(O)CC3CN(C(=O)OC(C)(C)C)CC2N3C)O1. The second-order valence-electron chi connectivity index (χ2n) is 7.50. The summed E-state index contributed by atoms with van der Waals surface area (Å²) in [6, 6.07) is -0.0463. The number of ether oxygens (including phenoxy) is 3. The van der Waals surface area contributed by atoms with Gasteiger partial charge in [0.25, 0.3) is 0 Å². The Labute approximate surface area is 136 Å². The number of piperazine rings is 1. The minimum absolute atomic E-state index is 0.0718. The van der Waals surface area contributed by atoms with Crippen molar-refractivity contribution in [1.82, 2.24) is 9.80 Å². The molecule has 1 N–H and O–H groups in total. The molecule has 0 saturated carbocycles. The van der Waals surface area contributed by atoms with Gasteiger partial charge in [0, 0.05) is 31.1 Å². The van der Waals surface area contributed by atoms with E-state index < -0.39 is 11.9 Å². The predicted molar refractivity (Wildman–Crippen MR) is 82.8 cm³/mol. The van der Waals surface area contributed by atoms with Crippen LogP contribution in [0.5, 0.6) is 0 Å². The molecule has 3 aliphatic rings. The summed E-state index contributed by atoms with van der Waals surface area (Å²) >= 11 is 0. The van der Waals surface area contributed by atoms with Gasteiger partial charge in [-0.05, 0) is 34.7 Å². The van der Waals surface area contributed by atoms with Gasteiger partial charge in [0.05, 0.1) is 11.8 Å². The molecule has 3 aliphatic heterocycles. The van der Waals surface area contributed by atoms with Crippen LogP contribution in [-0.2, 0) is 14.2 Å². The lowest BCUT2D eigenvalue weighted by molar-refractivity contribution is -0.362. The van der Waals surface area contributed by atoms with E-state index in [1.54, 1.807) is 4.90 Å². The lowest BCUT2D eigenvalue weighted by Gasteiger charge is -2.51. The van der Waals surface area contributed by atoms with Gasteiger partial charge in [-0.2, -0.15) is 0 Å². The van der Waals surface area contributed by atoms with Gasteiger partial charge in [-0.25, -0.2) is 4.79 Å². The lowest BCUT2D eigenvalue weighted by Crippen LogP contribution is -2.63. The Morgan fingerprint density at radius 1 is 1.30 bits per heavy atom. The maximum absolute atomic E-state index is 12.4. The second-order valence-corrected chi connectivity index (χ2v) is 7.50. The Morgan fingerprint density at radius 2 is 1.96 bits per heavy atom. The fraction of sp³-hybridized carbons (Fsp3) is 0.812. The van der Waals surface area contributed by atoms with Crippen LogP contribution in [0.2, 0.25) is 0 Å². The van der Waals surface area contributed by atoms with Crippen molar-refractivity contribution in [2.75, 3.05) is 20.1 Å². The van der Waals surface area contributed by atoms with Gasteiger partial charge in [0.2, 0.25) is 0 Å². The Bertz CT molecular complexity index is 521.